The number of rotatable bonds is 8. The summed E-state index contributed by atoms with van der Waals surface area (Å²) in [5.41, 5.74) is 2.21. The Hall–Kier alpha value is -2.43. The summed E-state index contributed by atoms with van der Waals surface area (Å²) in [4.78, 5) is 4.70. The van der Waals surface area contributed by atoms with Crippen LogP contribution in [0.2, 0.25) is 0 Å². The number of aryl methyl sites for hydroxylation is 1. The number of guanidine groups is 1. The zero-order valence-electron chi connectivity index (χ0n) is 17.1. The van der Waals surface area contributed by atoms with Gasteiger partial charge in [0.15, 0.2) is 5.96 Å². The van der Waals surface area contributed by atoms with Crippen LogP contribution in [0.1, 0.15) is 38.2 Å². The fraction of sp³-hybridized carbons (Fsp3) is 0.400. The van der Waals surface area contributed by atoms with Gasteiger partial charge in [0.2, 0.25) is 0 Å². The van der Waals surface area contributed by atoms with Crippen molar-refractivity contribution in [2.24, 2.45) is 4.99 Å². The molecule has 8 nitrogen and oxygen atoms in total. The molecule has 0 spiro atoms. The second-order valence-electron chi connectivity index (χ2n) is 6.47. The van der Waals surface area contributed by atoms with E-state index in [0.29, 0.717) is 6.54 Å². The molecule has 9 heteroatoms. The SMILES string of the molecule is CCNC(=NCCn1cnnc1CC)NC(C)c1cccc(-n2cccn2)c1.I. The van der Waals surface area contributed by atoms with Gasteiger partial charge in [-0.15, -0.1) is 34.2 Å². The van der Waals surface area contributed by atoms with Gasteiger partial charge >= 0.3 is 0 Å². The number of nitrogens with one attached hydrogen (secondary N) is 2. The van der Waals surface area contributed by atoms with Crippen molar-refractivity contribution >= 4 is 29.9 Å². The lowest BCUT2D eigenvalue weighted by Gasteiger charge is -2.19. The van der Waals surface area contributed by atoms with Crippen molar-refractivity contribution in [1.82, 2.24) is 35.2 Å². The monoisotopic (exact) mass is 508 g/mol. The van der Waals surface area contributed by atoms with Gasteiger partial charge in [-0.3, -0.25) is 4.99 Å². The molecule has 0 radical (unpaired) electrons. The van der Waals surface area contributed by atoms with Gasteiger partial charge in [-0.05, 0) is 37.6 Å². The Bertz CT molecular complexity index is 888. The van der Waals surface area contributed by atoms with Gasteiger partial charge < -0.3 is 15.2 Å². The van der Waals surface area contributed by atoms with Crippen LogP contribution in [-0.4, -0.2) is 43.6 Å². The minimum atomic E-state index is 0. The average Bonchev–Trinajstić information content (AvgIpc) is 3.40. The highest BCUT2D eigenvalue weighted by atomic mass is 127. The zero-order chi connectivity index (χ0) is 19.8. The standard InChI is InChI=1S/C20H28N8.HI/c1-4-19-26-23-15-27(19)13-11-22-20(21-5-2)25-16(3)17-8-6-9-18(14-17)28-12-7-10-24-28;/h6-10,12,14-16H,4-5,11,13H2,1-3H3,(H2,21,22,25);1H. The van der Waals surface area contributed by atoms with Crippen LogP contribution in [-0.2, 0) is 13.0 Å². The van der Waals surface area contributed by atoms with Crippen LogP contribution in [0, 0.1) is 0 Å². The van der Waals surface area contributed by atoms with Crippen LogP contribution < -0.4 is 10.6 Å². The van der Waals surface area contributed by atoms with E-state index in [-0.39, 0.29) is 30.0 Å². The first-order valence-corrected chi connectivity index (χ1v) is 9.72. The minimum absolute atomic E-state index is 0. The largest absolute Gasteiger partial charge is 0.357 e. The maximum absolute atomic E-state index is 4.70. The van der Waals surface area contributed by atoms with E-state index in [1.54, 1.807) is 12.5 Å². The van der Waals surface area contributed by atoms with Gasteiger partial charge in [0, 0.05) is 31.9 Å². The average molecular weight is 508 g/mol. The third kappa shape index (κ3) is 6.28. The molecule has 0 bridgehead atoms. The highest BCUT2D eigenvalue weighted by Gasteiger charge is 2.09. The maximum atomic E-state index is 4.70. The summed E-state index contributed by atoms with van der Waals surface area (Å²) < 4.78 is 3.91. The molecule has 3 rings (SSSR count). The van der Waals surface area contributed by atoms with Crippen LogP contribution in [0.25, 0.3) is 5.69 Å². The Morgan fingerprint density at radius 1 is 1.24 bits per heavy atom. The molecule has 0 amide bonds. The number of benzene rings is 1. The van der Waals surface area contributed by atoms with Crippen LogP contribution in [0.5, 0.6) is 0 Å². The number of nitrogens with zero attached hydrogens (tertiary/aromatic N) is 6. The van der Waals surface area contributed by atoms with Gasteiger partial charge in [-0.1, -0.05) is 19.1 Å². The van der Waals surface area contributed by atoms with Crippen molar-refractivity contribution in [3.8, 4) is 5.69 Å². The first-order chi connectivity index (χ1) is 13.7. The molecule has 2 aromatic heterocycles. The topological polar surface area (TPSA) is 85.0 Å². The van der Waals surface area contributed by atoms with Crippen molar-refractivity contribution in [3.63, 3.8) is 0 Å². The van der Waals surface area contributed by atoms with Gasteiger partial charge in [-0.25, -0.2) is 4.68 Å². The summed E-state index contributed by atoms with van der Waals surface area (Å²) in [6.07, 6.45) is 6.35. The lowest BCUT2D eigenvalue weighted by molar-refractivity contribution is 0.649. The summed E-state index contributed by atoms with van der Waals surface area (Å²) in [6, 6.07) is 10.4. The second-order valence-corrected chi connectivity index (χ2v) is 6.47. The molecule has 3 aromatic rings. The van der Waals surface area contributed by atoms with Crippen molar-refractivity contribution < 1.29 is 0 Å². The van der Waals surface area contributed by atoms with Crippen LogP contribution in [0.3, 0.4) is 0 Å². The molecule has 156 valence electrons. The Balaban J connectivity index is 0.00000300. The summed E-state index contributed by atoms with van der Waals surface area (Å²) in [5.74, 6) is 1.78. The number of hydrogen-bond acceptors (Lipinski definition) is 4. The smallest absolute Gasteiger partial charge is 0.191 e. The Labute approximate surface area is 188 Å². The van der Waals surface area contributed by atoms with Crippen molar-refractivity contribution in [3.05, 3.63) is 60.4 Å². The van der Waals surface area contributed by atoms with E-state index < -0.39 is 0 Å². The lowest BCUT2D eigenvalue weighted by Crippen LogP contribution is -2.39. The first-order valence-electron chi connectivity index (χ1n) is 9.72. The Morgan fingerprint density at radius 2 is 2.10 bits per heavy atom. The fourth-order valence-corrected chi connectivity index (χ4v) is 2.98. The summed E-state index contributed by atoms with van der Waals surface area (Å²) in [6.45, 7) is 8.49. The van der Waals surface area contributed by atoms with Crippen molar-refractivity contribution in [2.45, 2.75) is 39.8 Å². The molecule has 2 N–H and O–H groups in total. The normalized spacial score (nSPS) is 12.3. The predicted octanol–water partition coefficient (Wildman–Crippen LogP) is 2.96. The molecule has 1 aromatic carbocycles. The van der Waals surface area contributed by atoms with E-state index in [1.807, 2.05) is 33.6 Å². The highest BCUT2D eigenvalue weighted by Crippen LogP contribution is 2.16. The molecule has 0 saturated heterocycles. The third-order valence-corrected chi connectivity index (χ3v) is 4.46. The van der Waals surface area contributed by atoms with E-state index >= 15 is 0 Å². The molecule has 29 heavy (non-hydrogen) atoms. The Kier molecular flexibility index (Phi) is 9.10. The number of aliphatic imine (C=N–C) groups is 1. The van der Waals surface area contributed by atoms with Gasteiger partial charge in [0.05, 0.1) is 18.3 Å². The maximum Gasteiger partial charge on any atom is 0.191 e. The molecular weight excluding hydrogens is 479 g/mol. The summed E-state index contributed by atoms with van der Waals surface area (Å²) >= 11 is 0. The van der Waals surface area contributed by atoms with E-state index in [2.05, 4.69) is 58.8 Å². The molecule has 0 aliphatic heterocycles. The quantitative estimate of drug-likeness (QED) is 0.278. The molecule has 1 unspecified atom stereocenters. The molecule has 1 atom stereocenters. The van der Waals surface area contributed by atoms with Gasteiger partial charge in [-0.2, -0.15) is 5.10 Å². The molecule has 2 heterocycles. The zero-order valence-corrected chi connectivity index (χ0v) is 19.4. The van der Waals surface area contributed by atoms with Crippen LogP contribution in [0.4, 0.5) is 0 Å². The summed E-state index contributed by atoms with van der Waals surface area (Å²) in [5, 5.41) is 19.2. The third-order valence-electron chi connectivity index (χ3n) is 4.46. The van der Waals surface area contributed by atoms with Crippen LogP contribution in [0.15, 0.2) is 54.0 Å². The first kappa shape index (κ1) is 22.9. The molecular formula is C20H29IN8. The highest BCUT2D eigenvalue weighted by molar-refractivity contribution is 14.0. The number of aromatic nitrogens is 5. The van der Waals surface area contributed by atoms with E-state index in [0.717, 1.165) is 37.0 Å². The van der Waals surface area contributed by atoms with Crippen molar-refractivity contribution in [2.75, 3.05) is 13.1 Å². The van der Waals surface area contributed by atoms with E-state index in [9.17, 15) is 0 Å². The molecule has 0 aliphatic rings. The fourth-order valence-electron chi connectivity index (χ4n) is 2.98. The Morgan fingerprint density at radius 3 is 2.83 bits per heavy atom. The molecule has 0 aliphatic carbocycles. The van der Waals surface area contributed by atoms with Gasteiger partial charge in [0.25, 0.3) is 0 Å². The van der Waals surface area contributed by atoms with E-state index in [4.69, 9.17) is 4.99 Å². The second kappa shape index (κ2) is 11.5. The predicted molar refractivity (Wildman–Crippen MR) is 126 cm³/mol. The van der Waals surface area contributed by atoms with Gasteiger partial charge in [0.1, 0.15) is 12.2 Å². The van der Waals surface area contributed by atoms with E-state index in [1.165, 1.54) is 5.56 Å². The molecule has 0 saturated carbocycles. The number of halogens is 1. The van der Waals surface area contributed by atoms with Crippen LogP contribution >= 0.6 is 24.0 Å². The number of hydrogen-bond donors (Lipinski definition) is 2. The molecule has 0 fully saturated rings. The lowest BCUT2D eigenvalue weighted by atomic mass is 10.1. The minimum Gasteiger partial charge on any atom is -0.357 e. The van der Waals surface area contributed by atoms with Crippen molar-refractivity contribution in [1.29, 1.82) is 0 Å². The summed E-state index contributed by atoms with van der Waals surface area (Å²) in [7, 11) is 0.